The molecule has 0 aromatic heterocycles. The van der Waals surface area contributed by atoms with E-state index in [1.807, 2.05) is 24.6 Å². The maximum atomic E-state index is 13.8. The Labute approximate surface area is 124 Å². The number of hydrogen-bond acceptors (Lipinski definition) is 3. The van der Waals surface area contributed by atoms with E-state index in [-0.39, 0.29) is 11.6 Å². The highest BCUT2D eigenvalue weighted by Crippen LogP contribution is 2.34. The van der Waals surface area contributed by atoms with E-state index in [1.165, 1.54) is 35.7 Å². The lowest BCUT2D eigenvalue weighted by molar-refractivity contribution is 0.592. The zero-order chi connectivity index (χ0) is 13.8. The SMILES string of the molecule is CSc1ccc(Sc2ccc(SC)cc2F)c(F)c1. The molecule has 0 atom stereocenters. The van der Waals surface area contributed by atoms with Gasteiger partial charge in [0.25, 0.3) is 0 Å². The Morgan fingerprint density at radius 2 is 1.16 bits per heavy atom. The first-order chi connectivity index (χ1) is 9.13. The fourth-order valence-corrected chi connectivity index (χ4v) is 3.17. The van der Waals surface area contributed by atoms with Gasteiger partial charge < -0.3 is 0 Å². The number of thioether (sulfide) groups is 2. The first-order valence-electron chi connectivity index (χ1n) is 5.49. The zero-order valence-electron chi connectivity index (χ0n) is 10.4. The summed E-state index contributed by atoms with van der Waals surface area (Å²) < 4.78 is 27.7. The maximum Gasteiger partial charge on any atom is 0.138 e. The molecule has 0 aliphatic rings. The Bertz CT molecular complexity index is 533. The highest BCUT2D eigenvalue weighted by molar-refractivity contribution is 7.99. The van der Waals surface area contributed by atoms with Crippen molar-refractivity contribution in [3.8, 4) is 0 Å². The monoisotopic (exact) mass is 314 g/mol. The third-order valence-electron chi connectivity index (χ3n) is 2.50. The summed E-state index contributed by atoms with van der Waals surface area (Å²) in [7, 11) is 0. The molecule has 0 fully saturated rings. The summed E-state index contributed by atoms with van der Waals surface area (Å²) in [6.07, 6.45) is 3.78. The van der Waals surface area contributed by atoms with E-state index < -0.39 is 0 Å². The van der Waals surface area contributed by atoms with Crippen molar-refractivity contribution in [3.63, 3.8) is 0 Å². The van der Waals surface area contributed by atoms with Crippen molar-refractivity contribution >= 4 is 35.3 Å². The van der Waals surface area contributed by atoms with Crippen molar-refractivity contribution in [2.45, 2.75) is 19.6 Å². The van der Waals surface area contributed by atoms with E-state index in [0.29, 0.717) is 9.79 Å². The van der Waals surface area contributed by atoms with Gasteiger partial charge in [0.15, 0.2) is 0 Å². The van der Waals surface area contributed by atoms with Crippen molar-refractivity contribution in [1.82, 2.24) is 0 Å². The largest absolute Gasteiger partial charge is 0.206 e. The topological polar surface area (TPSA) is 0 Å². The Kier molecular flexibility index (Phi) is 5.19. The molecule has 5 heteroatoms. The molecule has 0 N–H and O–H groups in total. The van der Waals surface area contributed by atoms with Crippen molar-refractivity contribution in [3.05, 3.63) is 48.0 Å². The molecule has 0 amide bonds. The highest BCUT2D eigenvalue weighted by Gasteiger charge is 2.09. The van der Waals surface area contributed by atoms with Crippen LogP contribution in [0, 0.1) is 11.6 Å². The van der Waals surface area contributed by atoms with Crippen LogP contribution in [0.5, 0.6) is 0 Å². The number of halogens is 2. The number of benzene rings is 2. The fourth-order valence-electron chi connectivity index (χ4n) is 1.50. The fraction of sp³-hybridized carbons (Fsp3) is 0.143. The summed E-state index contributed by atoms with van der Waals surface area (Å²) in [5.41, 5.74) is 0. The van der Waals surface area contributed by atoms with E-state index in [1.54, 1.807) is 12.1 Å². The van der Waals surface area contributed by atoms with Crippen molar-refractivity contribution < 1.29 is 8.78 Å². The lowest BCUT2D eigenvalue weighted by Crippen LogP contribution is -1.86. The predicted molar refractivity (Wildman–Crippen MR) is 80.5 cm³/mol. The highest BCUT2D eigenvalue weighted by atomic mass is 32.2. The quantitative estimate of drug-likeness (QED) is 0.678. The molecule has 2 aromatic rings. The molecule has 0 spiro atoms. The van der Waals surface area contributed by atoms with Crippen molar-refractivity contribution in [2.75, 3.05) is 12.5 Å². The Morgan fingerprint density at radius 3 is 1.47 bits per heavy atom. The lowest BCUT2D eigenvalue weighted by atomic mass is 10.3. The zero-order valence-corrected chi connectivity index (χ0v) is 12.9. The van der Waals surface area contributed by atoms with E-state index in [9.17, 15) is 8.78 Å². The summed E-state index contributed by atoms with van der Waals surface area (Å²) in [5.74, 6) is -0.629. The van der Waals surface area contributed by atoms with Crippen LogP contribution in [0.1, 0.15) is 0 Å². The number of hydrogen-bond donors (Lipinski definition) is 0. The molecule has 0 aliphatic carbocycles. The smallest absolute Gasteiger partial charge is 0.138 e. The van der Waals surface area contributed by atoms with Crippen LogP contribution >= 0.6 is 35.3 Å². The molecular weight excluding hydrogens is 302 g/mol. The summed E-state index contributed by atoms with van der Waals surface area (Å²) in [6.45, 7) is 0. The van der Waals surface area contributed by atoms with Crippen LogP contribution in [-0.4, -0.2) is 12.5 Å². The molecule has 0 nitrogen and oxygen atoms in total. The average Bonchev–Trinajstić information content (AvgIpc) is 2.42. The Hall–Kier alpha value is -0.650. The van der Waals surface area contributed by atoms with Gasteiger partial charge in [0.2, 0.25) is 0 Å². The van der Waals surface area contributed by atoms with Gasteiger partial charge in [-0.25, -0.2) is 8.78 Å². The van der Waals surface area contributed by atoms with Gasteiger partial charge in [0.05, 0.1) is 0 Å². The van der Waals surface area contributed by atoms with Gasteiger partial charge in [-0.15, -0.1) is 23.5 Å². The molecule has 0 radical (unpaired) electrons. The molecule has 100 valence electrons. The van der Waals surface area contributed by atoms with Crippen molar-refractivity contribution in [1.29, 1.82) is 0 Å². The van der Waals surface area contributed by atoms with Gasteiger partial charge in [-0.3, -0.25) is 0 Å². The van der Waals surface area contributed by atoms with Crippen molar-refractivity contribution in [2.24, 2.45) is 0 Å². The van der Waals surface area contributed by atoms with E-state index in [0.717, 1.165) is 21.6 Å². The van der Waals surface area contributed by atoms with Crippen LogP contribution in [0.3, 0.4) is 0 Å². The van der Waals surface area contributed by atoms with Gasteiger partial charge in [-0.1, -0.05) is 11.8 Å². The van der Waals surface area contributed by atoms with E-state index >= 15 is 0 Å². The molecule has 0 saturated carbocycles. The van der Waals surface area contributed by atoms with Gasteiger partial charge in [-0.05, 0) is 48.9 Å². The molecule has 0 unspecified atom stereocenters. The third kappa shape index (κ3) is 3.68. The lowest BCUT2D eigenvalue weighted by Gasteiger charge is -2.07. The second kappa shape index (κ2) is 6.68. The number of rotatable bonds is 4. The minimum absolute atomic E-state index is 0.315. The van der Waals surface area contributed by atoms with Crippen LogP contribution in [0.2, 0.25) is 0 Å². The summed E-state index contributed by atoms with van der Waals surface area (Å²) in [5, 5.41) is 0. The van der Waals surface area contributed by atoms with Crippen LogP contribution in [0.15, 0.2) is 56.0 Å². The second-order valence-corrected chi connectivity index (χ2v) is 6.54. The van der Waals surface area contributed by atoms with Crippen LogP contribution in [0.4, 0.5) is 8.78 Å². The third-order valence-corrected chi connectivity index (χ3v) is 5.05. The molecule has 0 saturated heterocycles. The van der Waals surface area contributed by atoms with Crippen LogP contribution in [-0.2, 0) is 0 Å². The van der Waals surface area contributed by atoms with Crippen LogP contribution < -0.4 is 0 Å². The van der Waals surface area contributed by atoms with Gasteiger partial charge in [0.1, 0.15) is 11.6 Å². The first kappa shape index (κ1) is 14.8. The summed E-state index contributed by atoms with van der Waals surface area (Å²) in [6, 6.07) is 10.00. The standard InChI is InChI=1S/C14H12F2S3/c1-17-9-3-5-13(11(15)7-9)19-14-6-4-10(18-2)8-12(14)16/h3-8H,1-2H3. The minimum atomic E-state index is -0.315. The normalized spacial score (nSPS) is 10.7. The Balaban J connectivity index is 2.26. The molecule has 0 heterocycles. The van der Waals surface area contributed by atoms with Gasteiger partial charge in [0, 0.05) is 19.6 Å². The predicted octanol–water partition coefficient (Wildman–Crippen LogP) is 5.56. The van der Waals surface area contributed by atoms with Gasteiger partial charge in [-0.2, -0.15) is 0 Å². The van der Waals surface area contributed by atoms with E-state index in [4.69, 9.17) is 0 Å². The van der Waals surface area contributed by atoms with Gasteiger partial charge >= 0.3 is 0 Å². The van der Waals surface area contributed by atoms with Crippen LogP contribution in [0.25, 0.3) is 0 Å². The molecule has 19 heavy (non-hydrogen) atoms. The average molecular weight is 314 g/mol. The summed E-state index contributed by atoms with van der Waals surface area (Å²) >= 11 is 4.07. The molecule has 2 aromatic carbocycles. The second-order valence-electron chi connectivity index (χ2n) is 3.69. The Morgan fingerprint density at radius 1 is 0.737 bits per heavy atom. The molecule has 0 aliphatic heterocycles. The van der Waals surface area contributed by atoms with E-state index in [2.05, 4.69) is 0 Å². The first-order valence-corrected chi connectivity index (χ1v) is 8.75. The molecule has 2 rings (SSSR count). The summed E-state index contributed by atoms with van der Waals surface area (Å²) in [4.78, 5) is 2.60. The molecular formula is C14H12F2S3. The maximum absolute atomic E-state index is 13.8. The minimum Gasteiger partial charge on any atom is -0.206 e. The molecule has 0 bridgehead atoms.